The molecule has 158 valence electrons. The van der Waals surface area contributed by atoms with Crippen molar-refractivity contribution >= 4 is 17.5 Å². The molecule has 1 amide bonds. The topological polar surface area (TPSA) is 55.6 Å². The lowest BCUT2D eigenvalue weighted by Crippen LogP contribution is -2.39. The number of methoxy groups -OCH3 is 1. The summed E-state index contributed by atoms with van der Waals surface area (Å²) < 4.78 is 10.5. The Labute approximate surface area is 182 Å². The van der Waals surface area contributed by atoms with E-state index in [0.717, 1.165) is 28.1 Å². The summed E-state index contributed by atoms with van der Waals surface area (Å²) in [5.74, 6) is 0.904. The van der Waals surface area contributed by atoms with Gasteiger partial charge < -0.3 is 14.2 Å². The van der Waals surface area contributed by atoms with Crippen molar-refractivity contribution in [1.29, 1.82) is 0 Å². The second kappa shape index (κ2) is 10.3. The highest BCUT2D eigenvalue weighted by atomic mass is 35.5. The maximum absolute atomic E-state index is 13.3. The monoisotopic (exact) mass is 426 g/mol. The molecule has 1 heterocycles. The Morgan fingerprint density at radius 1 is 1.17 bits per heavy atom. The minimum atomic E-state index is -0.00644. The fourth-order valence-electron chi connectivity index (χ4n) is 3.59. The van der Waals surface area contributed by atoms with Gasteiger partial charge in [0.2, 0.25) is 11.1 Å². The molecular formula is C24H27ClN2O3. The van der Waals surface area contributed by atoms with Crippen LogP contribution in [0.2, 0.25) is 5.22 Å². The molecule has 2 aromatic carbocycles. The number of rotatable bonds is 9. The Morgan fingerprint density at radius 3 is 2.53 bits per heavy atom. The van der Waals surface area contributed by atoms with E-state index in [0.29, 0.717) is 25.8 Å². The number of benzene rings is 2. The molecule has 0 saturated carbocycles. The summed E-state index contributed by atoms with van der Waals surface area (Å²) in [7, 11) is 1.67. The predicted molar refractivity (Wildman–Crippen MR) is 118 cm³/mol. The van der Waals surface area contributed by atoms with Crippen molar-refractivity contribution in [3.05, 3.63) is 82.2 Å². The summed E-state index contributed by atoms with van der Waals surface area (Å²) in [6.07, 6.45) is 1.54. The zero-order chi connectivity index (χ0) is 21.5. The zero-order valence-corrected chi connectivity index (χ0v) is 18.4. The fourth-order valence-corrected chi connectivity index (χ4v) is 3.85. The summed E-state index contributed by atoms with van der Waals surface area (Å²) in [6.45, 7) is 4.46. The van der Waals surface area contributed by atoms with Gasteiger partial charge in [0.25, 0.3) is 0 Å². The molecule has 0 aliphatic rings. The Morgan fingerprint density at radius 2 is 1.87 bits per heavy atom. The predicted octanol–water partition coefficient (Wildman–Crippen LogP) is 5.24. The summed E-state index contributed by atoms with van der Waals surface area (Å²) in [5, 5.41) is 4.13. The van der Waals surface area contributed by atoms with Gasteiger partial charge in [-0.2, -0.15) is 0 Å². The van der Waals surface area contributed by atoms with E-state index in [1.807, 2.05) is 66.4 Å². The van der Waals surface area contributed by atoms with Crippen LogP contribution in [0.5, 0.6) is 5.75 Å². The van der Waals surface area contributed by atoms with Gasteiger partial charge in [0.05, 0.1) is 12.8 Å². The van der Waals surface area contributed by atoms with Gasteiger partial charge in [0, 0.05) is 24.6 Å². The van der Waals surface area contributed by atoms with E-state index < -0.39 is 0 Å². The molecule has 0 bridgehead atoms. The Hall–Kier alpha value is -2.79. The molecule has 30 heavy (non-hydrogen) atoms. The summed E-state index contributed by atoms with van der Waals surface area (Å²) >= 11 is 6.07. The number of para-hydroxylation sites is 1. The van der Waals surface area contributed by atoms with E-state index in [4.69, 9.17) is 20.9 Å². The number of aromatic nitrogens is 1. The Kier molecular flexibility index (Phi) is 7.52. The van der Waals surface area contributed by atoms with Crippen LogP contribution in [-0.4, -0.2) is 29.1 Å². The third-order valence-electron chi connectivity index (χ3n) is 5.28. The minimum Gasteiger partial charge on any atom is -0.496 e. The van der Waals surface area contributed by atoms with E-state index in [1.54, 1.807) is 7.11 Å². The molecule has 0 fully saturated rings. The maximum Gasteiger partial charge on any atom is 0.229 e. The molecule has 3 aromatic rings. The van der Waals surface area contributed by atoms with Crippen LogP contribution in [0.3, 0.4) is 0 Å². The van der Waals surface area contributed by atoms with Crippen LogP contribution in [0, 0.1) is 6.92 Å². The molecule has 3 rings (SSSR count). The van der Waals surface area contributed by atoms with Crippen molar-refractivity contribution in [3.8, 4) is 5.75 Å². The van der Waals surface area contributed by atoms with Crippen molar-refractivity contribution in [2.24, 2.45) is 0 Å². The van der Waals surface area contributed by atoms with Gasteiger partial charge in [0.1, 0.15) is 5.75 Å². The molecule has 0 N–H and O–H groups in total. The number of carbonyl (C=O) groups excluding carboxylic acids is 1. The summed E-state index contributed by atoms with van der Waals surface area (Å²) in [5.41, 5.74) is 3.69. The van der Waals surface area contributed by atoms with Gasteiger partial charge in [-0.25, -0.2) is 0 Å². The van der Waals surface area contributed by atoms with E-state index in [1.165, 1.54) is 0 Å². The lowest BCUT2D eigenvalue weighted by molar-refractivity contribution is -0.133. The van der Waals surface area contributed by atoms with E-state index >= 15 is 0 Å². The average molecular weight is 427 g/mol. The van der Waals surface area contributed by atoms with Gasteiger partial charge in [-0.1, -0.05) is 53.7 Å². The highest BCUT2D eigenvalue weighted by Crippen LogP contribution is 2.24. The molecular weight excluding hydrogens is 400 g/mol. The number of amides is 1. The normalized spacial score (nSPS) is 11.9. The second-order valence-electron chi connectivity index (χ2n) is 7.39. The average Bonchev–Trinajstić information content (AvgIpc) is 3.08. The van der Waals surface area contributed by atoms with Crippen LogP contribution in [-0.2, 0) is 24.2 Å². The van der Waals surface area contributed by atoms with Gasteiger partial charge >= 0.3 is 0 Å². The number of carbonyl (C=O) groups is 1. The fraction of sp³-hybridized carbons (Fsp3) is 0.333. The first-order valence-electron chi connectivity index (χ1n) is 10.1. The molecule has 1 aromatic heterocycles. The molecule has 1 unspecified atom stereocenters. The second-order valence-corrected chi connectivity index (χ2v) is 7.74. The van der Waals surface area contributed by atoms with Crippen LogP contribution in [0.1, 0.15) is 35.7 Å². The minimum absolute atomic E-state index is 0.00644. The SMILES string of the molecule is COc1ccccc1CC(C)N(Cc1ccccc1)C(=O)CCc1c(C)noc1Cl. The van der Waals surface area contributed by atoms with Crippen LogP contribution >= 0.6 is 11.6 Å². The molecule has 5 nitrogen and oxygen atoms in total. The number of halogens is 1. The number of nitrogens with zero attached hydrogens (tertiary/aromatic N) is 2. The van der Waals surface area contributed by atoms with Crippen molar-refractivity contribution in [2.75, 3.05) is 7.11 Å². The number of ether oxygens (including phenoxy) is 1. The van der Waals surface area contributed by atoms with Gasteiger partial charge in [-0.15, -0.1) is 0 Å². The van der Waals surface area contributed by atoms with Gasteiger partial charge in [-0.3, -0.25) is 4.79 Å². The quantitative estimate of drug-likeness (QED) is 0.469. The van der Waals surface area contributed by atoms with Crippen LogP contribution in [0.25, 0.3) is 0 Å². The summed E-state index contributed by atoms with van der Waals surface area (Å²) in [6, 6.07) is 18.0. The highest BCUT2D eigenvalue weighted by Gasteiger charge is 2.23. The first-order chi connectivity index (χ1) is 14.5. The molecule has 0 aliphatic carbocycles. The van der Waals surface area contributed by atoms with Crippen molar-refractivity contribution < 1.29 is 14.1 Å². The molecule has 0 saturated heterocycles. The number of hydrogen-bond donors (Lipinski definition) is 0. The van der Waals surface area contributed by atoms with E-state index in [-0.39, 0.29) is 17.2 Å². The Balaban J connectivity index is 1.77. The first kappa shape index (κ1) is 21.9. The van der Waals surface area contributed by atoms with Gasteiger partial charge in [0.15, 0.2) is 0 Å². The number of aryl methyl sites for hydroxylation is 1. The van der Waals surface area contributed by atoms with Crippen LogP contribution < -0.4 is 4.74 Å². The van der Waals surface area contributed by atoms with Crippen molar-refractivity contribution in [1.82, 2.24) is 10.1 Å². The van der Waals surface area contributed by atoms with Gasteiger partial charge in [-0.05, 0) is 55.5 Å². The van der Waals surface area contributed by atoms with Crippen molar-refractivity contribution in [2.45, 2.75) is 45.7 Å². The lowest BCUT2D eigenvalue weighted by atomic mass is 10.0. The molecule has 1 atom stereocenters. The smallest absolute Gasteiger partial charge is 0.229 e. The Bertz CT molecular complexity index is 952. The first-order valence-corrected chi connectivity index (χ1v) is 10.4. The zero-order valence-electron chi connectivity index (χ0n) is 17.6. The van der Waals surface area contributed by atoms with Crippen LogP contribution in [0.15, 0.2) is 59.1 Å². The molecule has 6 heteroatoms. The van der Waals surface area contributed by atoms with Crippen LogP contribution in [0.4, 0.5) is 0 Å². The van der Waals surface area contributed by atoms with Crippen molar-refractivity contribution in [3.63, 3.8) is 0 Å². The summed E-state index contributed by atoms with van der Waals surface area (Å²) in [4.78, 5) is 15.2. The standard InChI is InChI=1S/C24H27ClN2O3/c1-17(15-20-11-7-8-12-22(20)29-3)27(16-19-9-5-4-6-10-19)23(28)14-13-21-18(2)26-30-24(21)25/h4-12,17H,13-16H2,1-3H3. The van der Waals surface area contributed by atoms with E-state index in [9.17, 15) is 4.79 Å². The largest absolute Gasteiger partial charge is 0.496 e. The molecule has 0 radical (unpaired) electrons. The third-order valence-corrected chi connectivity index (χ3v) is 5.58. The highest BCUT2D eigenvalue weighted by molar-refractivity contribution is 6.29. The third kappa shape index (κ3) is 5.42. The molecule has 0 spiro atoms. The number of hydrogen-bond acceptors (Lipinski definition) is 4. The lowest BCUT2D eigenvalue weighted by Gasteiger charge is -2.30. The maximum atomic E-state index is 13.3. The molecule has 0 aliphatic heterocycles. The van der Waals surface area contributed by atoms with E-state index in [2.05, 4.69) is 12.1 Å².